The summed E-state index contributed by atoms with van der Waals surface area (Å²) >= 11 is 0. The highest BCUT2D eigenvalue weighted by Crippen LogP contribution is 2.30. The smallest absolute Gasteiger partial charge is 0.326 e. The van der Waals surface area contributed by atoms with E-state index in [1.807, 2.05) is 0 Å². The molecule has 4 heteroatoms. The van der Waals surface area contributed by atoms with Crippen LogP contribution in [0.3, 0.4) is 0 Å². The van der Waals surface area contributed by atoms with E-state index < -0.39 is 17.7 Å². The predicted molar refractivity (Wildman–Crippen MR) is 33.3 cm³/mol. The minimum absolute atomic E-state index is 0.253. The van der Waals surface area contributed by atoms with Crippen molar-refractivity contribution in [2.75, 3.05) is 0 Å². The summed E-state index contributed by atoms with van der Waals surface area (Å²) in [6.45, 7) is 0. The van der Waals surface area contributed by atoms with Crippen molar-refractivity contribution in [3.05, 3.63) is 0 Å². The van der Waals surface area contributed by atoms with Gasteiger partial charge in [0.05, 0.1) is 0 Å². The van der Waals surface area contributed by atoms with E-state index in [1.54, 1.807) is 0 Å². The van der Waals surface area contributed by atoms with Crippen LogP contribution in [0.25, 0.3) is 0 Å². The molecule has 1 rings (SSSR count). The van der Waals surface area contributed by atoms with Crippen LogP contribution in [0.4, 0.5) is 4.39 Å². The number of nitrogens with two attached hydrogens (primary N) is 1. The van der Waals surface area contributed by atoms with Gasteiger partial charge < -0.3 is 10.8 Å². The van der Waals surface area contributed by atoms with E-state index in [2.05, 4.69) is 0 Å². The van der Waals surface area contributed by atoms with Crippen molar-refractivity contribution in [3.8, 4) is 0 Å². The molecule has 0 aliphatic heterocycles. The Labute approximate surface area is 58.0 Å². The Morgan fingerprint density at radius 1 is 1.80 bits per heavy atom. The van der Waals surface area contributed by atoms with Gasteiger partial charge in [0.1, 0.15) is 11.7 Å². The van der Waals surface area contributed by atoms with Crippen molar-refractivity contribution in [2.45, 2.75) is 31.0 Å². The number of carboxylic acids is 1. The Morgan fingerprint density at radius 3 is 2.60 bits per heavy atom. The molecule has 3 nitrogen and oxygen atoms in total. The molecule has 58 valence electrons. The van der Waals surface area contributed by atoms with Gasteiger partial charge >= 0.3 is 5.97 Å². The van der Waals surface area contributed by atoms with Crippen LogP contribution in [0.1, 0.15) is 19.3 Å². The summed E-state index contributed by atoms with van der Waals surface area (Å²) in [5.41, 5.74) is 3.67. The quantitative estimate of drug-likeness (QED) is 0.558. The lowest BCUT2D eigenvalue weighted by Gasteiger charge is -2.19. The van der Waals surface area contributed by atoms with E-state index in [9.17, 15) is 9.18 Å². The standard InChI is InChI=1S/C6H10FNO2/c7-4-2-1-3-6(4,8)5(9)10/h4H,1-3,8H2,(H,9,10)/t4-,6-/m0/s1/i7-1. The van der Waals surface area contributed by atoms with Gasteiger partial charge in [-0.25, -0.2) is 4.39 Å². The Morgan fingerprint density at radius 2 is 2.40 bits per heavy atom. The molecule has 2 atom stereocenters. The molecule has 1 saturated carbocycles. The minimum Gasteiger partial charge on any atom is -0.480 e. The third-order valence-electron chi connectivity index (χ3n) is 2.01. The normalized spacial score (nSPS) is 40.0. The molecule has 10 heavy (non-hydrogen) atoms. The fraction of sp³-hybridized carbons (Fsp3) is 0.833. The largest absolute Gasteiger partial charge is 0.480 e. The van der Waals surface area contributed by atoms with Crippen molar-refractivity contribution in [3.63, 3.8) is 0 Å². The van der Waals surface area contributed by atoms with E-state index in [1.165, 1.54) is 0 Å². The molecule has 1 aliphatic rings. The number of hydrogen-bond donors (Lipinski definition) is 2. The molecule has 0 spiro atoms. The van der Waals surface area contributed by atoms with Gasteiger partial charge in [-0.3, -0.25) is 4.79 Å². The summed E-state index contributed by atoms with van der Waals surface area (Å²) in [4.78, 5) is 10.4. The first-order chi connectivity index (χ1) is 4.57. The Kier molecular flexibility index (Phi) is 1.64. The Balaban J connectivity index is 2.75. The molecule has 0 heterocycles. The van der Waals surface area contributed by atoms with E-state index in [0.717, 1.165) is 0 Å². The summed E-state index contributed by atoms with van der Waals surface area (Å²) in [6, 6.07) is 0. The number of rotatable bonds is 1. The molecular weight excluding hydrogens is 136 g/mol. The van der Waals surface area contributed by atoms with Crippen LogP contribution in [0.2, 0.25) is 0 Å². The van der Waals surface area contributed by atoms with Crippen LogP contribution in [-0.2, 0) is 4.79 Å². The highest BCUT2D eigenvalue weighted by molar-refractivity contribution is 5.79. The van der Waals surface area contributed by atoms with Gasteiger partial charge in [-0.2, -0.15) is 0 Å². The lowest BCUT2D eigenvalue weighted by Crippen LogP contribution is -2.52. The third kappa shape index (κ3) is 0.883. The number of carboxylic acid groups (broad SMARTS) is 1. The fourth-order valence-electron chi connectivity index (χ4n) is 1.23. The molecule has 0 aromatic rings. The summed E-state index contributed by atoms with van der Waals surface area (Å²) in [6.07, 6.45) is -0.263. The second-order valence-electron chi connectivity index (χ2n) is 2.71. The highest BCUT2D eigenvalue weighted by atomic mass is 18.2. The molecule has 0 aromatic heterocycles. The van der Waals surface area contributed by atoms with Gasteiger partial charge in [0.2, 0.25) is 0 Å². The predicted octanol–water partition coefficient (Wildman–Crippen LogP) is 0.290. The number of alkyl halides is 1. The summed E-state index contributed by atoms with van der Waals surface area (Å²) in [7, 11) is 0. The maximum absolute atomic E-state index is 12.7. The zero-order chi connectivity index (χ0) is 7.78. The zero-order valence-electron chi connectivity index (χ0n) is 5.51. The van der Waals surface area contributed by atoms with Crippen LogP contribution in [0, 0.1) is 0 Å². The second-order valence-corrected chi connectivity index (χ2v) is 2.71. The maximum atomic E-state index is 12.7. The lowest BCUT2D eigenvalue weighted by atomic mass is 9.98. The molecule has 3 N–H and O–H groups in total. The molecule has 1 aliphatic carbocycles. The molecule has 0 bridgehead atoms. The lowest BCUT2D eigenvalue weighted by molar-refractivity contribution is -0.145. The van der Waals surface area contributed by atoms with Crippen LogP contribution >= 0.6 is 0 Å². The molecular formula is C6H10FNO2. The molecule has 0 saturated heterocycles. The summed E-state index contributed by atoms with van der Waals surface area (Å²) in [5, 5.41) is 8.48. The first-order valence-electron chi connectivity index (χ1n) is 3.24. The van der Waals surface area contributed by atoms with Crippen molar-refractivity contribution in [1.82, 2.24) is 0 Å². The van der Waals surface area contributed by atoms with Gasteiger partial charge in [-0.15, -0.1) is 0 Å². The van der Waals surface area contributed by atoms with Crippen LogP contribution in [0.15, 0.2) is 0 Å². The summed E-state index contributed by atoms with van der Waals surface area (Å²) < 4.78 is 12.7. The van der Waals surface area contributed by atoms with Gasteiger partial charge in [0.15, 0.2) is 0 Å². The second kappa shape index (κ2) is 2.20. The van der Waals surface area contributed by atoms with E-state index in [-0.39, 0.29) is 12.8 Å². The molecule has 0 aromatic carbocycles. The zero-order valence-corrected chi connectivity index (χ0v) is 5.51. The number of carbonyl (C=O) groups is 1. The van der Waals surface area contributed by atoms with Crippen LogP contribution in [0.5, 0.6) is 0 Å². The van der Waals surface area contributed by atoms with Gasteiger partial charge in [-0.1, -0.05) is 0 Å². The van der Waals surface area contributed by atoms with Gasteiger partial charge in [0.25, 0.3) is 0 Å². The van der Waals surface area contributed by atoms with Crippen molar-refractivity contribution < 1.29 is 14.3 Å². The summed E-state index contributed by atoms with van der Waals surface area (Å²) in [5.74, 6) is -1.22. The number of hydrogen-bond acceptors (Lipinski definition) is 2. The first-order valence-corrected chi connectivity index (χ1v) is 3.24. The van der Waals surface area contributed by atoms with Gasteiger partial charge in [0, 0.05) is 0 Å². The highest BCUT2D eigenvalue weighted by Gasteiger charge is 2.46. The topological polar surface area (TPSA) is 63.3 Å². The maximum Gasteiger partial charge on any atom is 0.326 e. The van der Waals surface area contributed by atoms with Crippen molar-refractivity contribution in [2.24, 2.45) is 5.73 Å². The third-order valence-corrected chi connectivity index (χ3v) is 2.01. The molecule has 0 unspecified atom stereocenters. The van der Waals surface area contributed by atoms with E-state index in [0.29, 0.717) is 6.42 Å². The van der Waals surface area contributed by atoms with E-state index in [4.69, 9.17) is 10.8 Å². The van der Waals surface area contributed by atoms with Crippen LogP contribution < -0.4 is 5.73 Å². The van der Waals surface area contributed by atoms with Crippen molar-refractivity contribution >= 4 is 5.97 Å². The van der Waals surface area contributed by atoms with Crippen LogP contribution in [-0.4, -0.2) is 22.8 Å². The molecule has 1 fully saturated rings. The first kappa shape index (κ1) is 7.47. The average Bonchev–Trinajstić information content (AvgIpc) is 2.15. The van der Waals surface area contributed by atoms with Crippen molar-refractivity contribution in [1.29, 1.82) is 0 Å². The van der Waals surface area contributed by atoms with Gasteiger partial charge in [-0.05, 0) is 19.3 Å². The SMILES string of the molecule is N[C@@]1(C(=O)O)CCC[C@@H]1[18F]. The molecule has 0 amide bonds. The molecule has 0 radical (unpaired) electrons. The Bertz CT molecular complexity index is 162. The van der Waals surface area contributed by atoms with E-state index >= 15 is 0 Å². The monoisotopic (exact) mass is 146 g/mol. The number of halogens is 1. The average molecular weight is 146 g/mol. The Hall–Kier alpha value is -0.640. The fourth-order valence-corrected chi connectivity index (χ4v) is 1.23. The number of aliphatic carboxylic acids is 1. The minimum atomic E-state index is -1.60.